The average molecular weight is 298 g/mol. The predicted octanol–water partition coefficient (Wildman–Crippen LogP) is 3.93. The zero-order valence-electron chi connectivity index (χ0n) is 11.0. The van der Waals surface area contributed by atoms with E-state index in [1.807, 2.05) is 35.1 Å². The van der Waals surface area contributed by atoms with E-state index in [2.05, 4.69) is 24.3 Å². The van der Waals surface area contributed by atoms with Crippen molar-refractivity contribution in [1.29, 1.82) is 0 Å². The lowest BCUT2D eigenvalue weighted by atomic mass is 10.1. The number of hydrogen-bond donors (Lipinski definition) is 1. The molecule has 0 bridgehead atoms. The lowest BCUT2D eigenvalue weighted by Gasteiger charge is -2.20. The van der Waals surface area contributed by atoms with Gasteiger partial charge in [0.2, 0.25) is 0 Å². The van der Waals surface area contributed by atoms with Gasteiger partial charge >= 0.3 is 0 Å². The first-order chi connectivity index (χ1) is 9.06. The number of rotatable bonds is 5. The Balaban J connectivity index is 1.96. The maximum absolute atomic E-state index is 6.04. The highest BCUT2D eigenvalue weighted by Crippen LogP contribution is 2.25. The molecule has 0 saturated heterocycles. The fourth-order valence-electron chi connectivity index (χ4n) is 2.05. The van der Waals surface area contributed by atoms with E-state index in [-0.39, 0.29) is 6.04 Å². The van der Waals surface area contributed by atoms with Crippen LogP contribution in [0.25, 0.3) is 0 Å². The van der Waals surface area contributed by atoms with Gasteiger partial charge in [0.25, 0.3) is 0 Å². The normalized spacial score (nSPS) is 14.3. The molecule has 0 aliphatic heterocycles. The summed E-state index contributed by atoms with van der Waals surface area (Å²) in [6.07, 6.45) is 3.75. The Kier molecular flexibility index (Phi) is 4.86. The summed E-state index contributed by atoms with van der Waals surface area (Å²) in [4.78, 5) is 0. The van der Waals surface area contributed by atoms with Crippen LogP contribution >= 0.6 is 23.2 Å². The Morgan fingerprint density at radius 2 is 2.05 bits per heavy atom. The Bertz CT molecular complexity index is 525. The van der Waals surface area contributed by atoms with Gasteiger partial charge in [0, 0.05) is 24.5 Å². The molecule has 2 unspecified atom stereocenters. The molecule has 2 atom stereocenters. The summed E-state index contributed by atoms with van der Waals surface area (Å²) in [6, 6.07) is 8.17. The Morgan fingerprint density at radius 3 is 2.68 bits per heavy atom. The summed E-state index contributed by atoms with van der Waals surface area (Å²) < 4.78 is 1.92. The fraction of sp³-hybridized carbons (Fsp3) is 0.357. The molecule has 0 aliphatic rings. The molecule has 0 spiro atoms. The summed E-state index contributed by atoms with van der Waals surface area (Å²) in [7, 11) is 0. The van der Waals surface area contributed by atoms with E-state index in [0.29, 0.717) is 16.1 Å². The minimum atomic E-state index is 0.209. The van der Waals surface area contributed by atoms with Crippen LogP contribution in [0.2, 0.25) is 10.0 Å². The van der Waals surface area contributed by atoms with E-state index in [4.69, 9.17) is 23.2 Å². The molecule has 0 amide bonds. The molecule has 1 aromatic heterocycles. The fourth-order valence-corrected chi connectivity index (χ4v) is 2.35. The van der Waals surface area contributed by atoms with Crippen LogP contribution in [-0.2, 0) is 6.54 Å². The number of benzene rings is 1. The van der Waals surface area contributed by atoms with Crippen molar-refractivity contribution in [2.45, 2.75) is 32.5 Å². The number of nitrogens with one attached hydrogen (secondary N) is 1. The highest BCUT2D eigenvalue weighted by molar-refractivity contribution is 6.42. The van der Waals surface area contributed by atoms with Crippen molar-refractivity contribution in [2.24, 2.45) is 0 Å². The van der Waals surface area contributed by atoms with Crippen LogP contribution in [0.5, 0.6) is 0 Å². The zero-order chi connectivity index (χ0) is 13.8. The van der Waals surface area contributed by atoms with E-state index in [0.717, 1.165) is 12.1 Å². The minimum Gasteiger partial charge on any atom is -0.306 e. The van der Waals surface area contributed by atoms with Crippen molar-refractivity contribution in [2.75, 3.05) is 0 Å². The van der Waals surface area contributed by atoms with Gasteiger partial charge in [0.05, 0.1) is 16.6 Å². The van der Waals surface area contributed by atoms with E-state index in [9.17, 15) is 0 Å². The van der Waals surface area contributed by atoms with Gasteiger partial charge in [-0.1, -0.05) is 29.3 Å². The molecule has 1 aromatic carbocycles. The summed E-state index contributed by atoms with van der Waals surface area (Å²) in [5, 5.41) is 8.89. The van der Waals surface area contributed by atoms with Crippen LogP contribution in [0.15, 0.2) is 36.7 Å². The maximum Gasteiger partial charge on any atom is 0.0595 e. The van der Waals surface area contributed by atoms with E-state index < -0.39 is 0 Å². The molecule has 1 heterocycles. The quantitative estimate of drug-likeness (QED) is 0.906. The molecule has 0 fully saturated rings. The van der Waals surface area contributed by atoms with Crippen molar-refractivity contribution in [3.05, 3.63) is 52.3 Å². The van der Waals surface area contributed by atoms with E-state index in [1.165, 1.54) is 0 Å². The van der Waals surface area contributed by atoms with Gasteiger partial charge in [0.15, 0.2) is 0 Å². The number of nitrogens with zero attached hydrogens (tertiary/aromatic N) is 2. The second-order valence-corrected chi connectivity index (χ2v) is 5.51. The number of aromatic nitrogens is 2. The van der Waals surface area contributed by atoms with Crippen LogP contribution in [0, 0.1) is 0 Å². The lowest BCUT2D eigenvalue weighted by molar-refractivity contribution is 0.413. The van der Waals surface area contributed by atoms with Crippen molar-refractivity contribution in [3.8, 4) is 0 Å². The summed E-state index contributed by atoms with van der Waals surface area (Å²) >= 11 is 12.0. The minimum absolute atomic E-state index is 0.209. The molecule has 102 valence electrons. The molecule has 0 saturated carbocycles. The Morgan fingerprint density at radius 1 is 1.26 bits per heavy atom. The molecule has 19 heavy (non-hydrogen) atoms. The molecular weight excluding hydrogens is 281 g/mol. The lowest BCUT2D eigenvalue weighted by Crippen LogP contribution is -2.32. The van der Waals surface area contributed by atoms with Crippen molar-refractivity contribution in [3.63, 3.8) is 0 Å². The molecular formula is C14H17Cl2N3. The van der Waals surface area contributed by atoms with Gasteiger partial charge in [-0.25, -0.2) is 0 Å². The van der Waals surface area contributed by atoms with Crippen LogP contribution in [0.1, 0.15) is 25.5 Å². The predicted molar refractivity (Wildman–Crippen MR) is 79.7 cm³/mol. The van der Waals surface area contributed by atoms with Gasteiger partial charge in [0.1, 0.15) is 0 Å². The standard InChI is InChI=1S/C14H17Cl2N3/c1-10(9-19-7-3-6-17-19)18-11(2)12-4-5-13(15)14(16)8-12/h3-8,10-11,18H,9H2,1-2H3. The molecule has 2 aromatic rings. The molecule has 0 radical (unpaired) electrons. The van der Waals surface area contributed by atoms with E-state index in [1.54, 1.807) is 6.20 Å². The average Bonchev–Trinajstić information content (AvgIpc) is 2.85. The van der Waals surface area contributed by atoms with Crippen LogP contribution in [0.4, 0.5) is 0 Å². The smallest absolute Gasteiger partial charge is 0.0595 e. The SMILES string of the molecule is CC(Cn1cccn1)NC(C)c1ccc(Cl)c(Cl)c1. The largest absolute Gasteiger partial charge is 0.306 e. The Hall–Kier alpha value is -1.03. The van der Waals surface area contributed by atoms with Gasteiger partial charge in [-0.15, -0.1) is 0 Å². The van der Waals surface area contributed by atoms with Crippen LogP contribution in [0.3, 0.4) is 0 Å². The van der Waals surface area contributed by atoms with Crippen LogP contribution < -0.4 is 5.32 Å². The first-order valence-electron chi connectivity index (χ1n) is 6.24. The van der Waals surface area contributed by atoms with E-state index >= 15 is 0 Å². The molecule has 2 rings (SSSR count). The first-order valence-corrected chi connectivity index (χ1v) is 7.00. The van der Waals surface area contributed by atoms with Crippen molar-refractivity contribution in [1.82, 2.24) is 15.1 Å². The van der Waals surface area contributed by atoms with Crippen LogP contribution in [-0.4, -0.2) is 15.8 Å². The Labute approximate surface area is 123 Å². The highest BCUT2D eigenvalue weighted by atomic mass is 35.5. The molecule has 0 aliphatic carbocycles. The number of halogens is 2. The molecule has 5 heteroatoms. The molecule has 1 N–H and O–H groups in total. The van der Waals surface area contributed by atoms with Gasteiger partial charge < -0.3 is 5.32 Å². The number of hydrogen-bond acceptors (Lipinski definition) is 2. The van der Waals surface area contributed by atoms with Crippen molar-refractivity contribution >= 4 is 23.2 Å². The summed E-state index contributed by atoms with van der Waals surface area (Å²) in [5.41, 5.74) is 1.13. The van der Waals surface area contributed by atoms with Crippen molar-refractivity contribution < 1.29 is 0 Å². The third-order valence-corrected chi connectivity index (χ3v) is 3.74. The maximum atomic E-state index is 6.04. The zero-order valence-corrected chi connectivity index (χ0v) is 12.5. The highest BCUT2D eigenvalue weighted by Gasteiger charge is 2.11. The summed E-state index contributed by atoms with van der Waals surface area (Å²) in [5.74, 6) is 0. The van der Waals surface area contributed by atoms with Gasteiger partial charge in [-0.05, 0) is 37.6 Å². The first kappa shape index (κ1) is 14.4. The van der Waals surface area contributed by atoms with Gasteiger partial charge in [-0.3, -0.25) is 4.68 Å². The topological polar surface area (TPSA) is 29.9 Å². The third kappa shape index (κ3) is 3.96. The summed E-state index contributed by atoms with van der Waals surface area (Å²) in [6.45, 7) is 5.08. The second kappa shape index (κ2) is 6.42. The third-order valence-electron chi connectivity index (χ3n) is 3.00. The monoisotopic (exact) mass is 297 g/mol. The second-order valence-electron chi connectivity index (χ2n) is 4.69. The van der Waals surface area contributed by atoms with Gasteiger partial charge in [-0.2, -0.15) is 5.10 Å². The molecule has 3 nitrogen and oxygen atoms in total.